The molecule has 1 aromatic rings. The number of carbonyl (C=O) groups is 1. The van der Waals surface area contributed by atoms with Crippen molar-refractivity contribution >= 4 is 17.6 Å². The molecule has 17 heavy (non-hydrogen) atoms. The molecule has 0 aromatic heterocycles. The molecule has 0 spiro atoms. The minimum Gasteiger partial charge on any atom is -0.493 e. The van der Waals surface area contributed by atoms with Gasteiger partial charge in [0.25, 0.3) is 0 Å². The molecule has 1 N–H and O–H groups in total. The SMILES string of the molecule is COc1c(Cl)ccc(CC(C)C(=O)O)c1OC. The number of hydrogen-bond acceptors (Lipinski definition) is 3. The number of benzene rings is 1. The quantitative estimate of drug-likeness (QED) is 0.882. The summed E-state index contributed by atoms with van der Waals surface area (Å²) in [5.74, 6) is -0.409. The van der Waals surface area contributed by atoms with Gasteiger partial charge in [-0.1, -0.05) is 24.6 Å². The minimum atomic E-state index is -0.846. The summed E-state index contributed by atoms with van der Waals surface area (Å²) in [6.45, 7) is 1.64. The van der Waals surface area contributed by atoms with E-state index in [1.54, 1.807) is 19.1 Å². The molecule has 0 aliphatic carbocycles. The van der Waals surface area contributed by atoms with Gasteiger partial charge in [-0.25, -0.2) is 0 Å². The van der Waals surface area contributed by atoms with Gasteiger partial charge in [0.05, 0.1) is 25.2 Å². The molecule has 0 aliphatic rings. The van der Waals surface area contributed by atoms with E-state index in [-0.39, 0.29) is 0 Å². The molecule has 0 radical (unpaired) electrons. The highest BCUT2D eigenvalue weighted by molar-refractivity contribution is 6.32. The van der Waals surface area contributed by atoms with E-state index in [1.165, 1.54) is 14.2 Å². The lowest BCUT2D eigenvalue weighted by Crippen LogP contribution is -2.13. The van der Waals surface area contributed by atoms with E-state index in [0.29, 0.717) is 22.9 Å². The molecule has 0 fully saturated rings. The van der Waals surface area contributed by atoms with Gasteiger partial charge in [0.1, 0.15) is 0 Å². The normalized spacial score (nSPS) is 12.0. The Labute approximate surface area is 105 Å². The molecule has 1 atom stereocenters. The second-order valence-electron chi connectivity index (χ2n) is 3.72. The lowest BCUT2D eigenvalue weighted by molar-refractivity contribution is -0.141. The Bertz CT molecular complexity index is 417. The number of rotatable bonds is 5. The molecule has 0 heterocycles. The lowest BCUT2D eigenvalue weighted by atomic mass is 10.00. The zero-order valence-corrected chi connectivity index (χ0v) is 10.7. The Morgan fingerprint density at radius 1 is 1.35 bits per heavy atom. The number of aliphatic carboxylic acids is 1. The number of halogens is 1. The molecule has 1 rings (SSSR count). The molecule has 0 amide bonds. The molecular weight excluding hydrogens is 244 g/mol. The van der Waals surface area contributed by atoms with E-state index in [2.05, 4.69) is 0 Å². The Kier molecular flexibility index (Phi) is 4.63. The van der Waals surface area contributed by atoms with Crippen molar-refractivity contribution in [3.8, 4) is 11.5 Å². The predicted molar refractivity (Wildman–Crippen MR) is 65.1 cm³/mol. The van der Waals surface area contributed by atoms with Crippen LogP contribution in [0.25, 0.3) is 0 Å². The van der Waals surface area contributed by atoms with Gasteiger partial charge in [0.15, 0.2) is 11.5 Å². The van der Waals surface area contributed by atoms with Crippen LogP contribution in [-0.4, -0.2) is 25.3 Å². The molecule has 0 bridgehead atoms. The summed E-state index contributed by atoms with van der Waals surface area (Å²) in [4.78, 5) is 10.8. The molecule has 5 heteroatoms. The Morgan fingerprint density at radius 3 is 2.41 bits per heavy atom. The van der Waals surface area contributed by atoms with Gasteiger partial charge in [-0.05, 0) is 18.1 Å². The van der Waals surface area contributed by atoms with Crippen LogP contribution in [0.15, 0.2) is 12.1 Å². The first kappa shape index (κ1) is 13.6. The van der Waals surface area contributed by atoms with Crippen LogP contribution in [0.3, 0.4) is 0 Å². The number of methoxy groups -OCH3 is 2. The first-order valence-corrected chi connectivity index (χ1v) is 5.51. The Hall–Kier alpha value is -1.42. The molecule has 1 aromatic carbocycles. The lowest BCUT2D eigenvalue weighted by Gasteiger charge is -2.15. The fourth-order valence-electron chi connectivity index (χ4n) is 1.57. The van der Waals surface area contributed by atoms with Crippen LogP contribution in [-0.2, 0) is 11.2 Å². The molecular formula is C12H15ClO4. The summed E-state index contributed by atoms with van der Waals surface area (Å²) in [6.07, 6.45) is 0.367. The summed E-state index contributed by atoms with van der Waals surface area (Å²) in [7, 11) is 3.00. The van der Waals surface area contributed by atoms with Crippen LogP contribution in [0.2, 0.25) is 5.02 Å². The smallest absolute Gasteiger partial charge is 0.306 e. The second kappa shape index (κ2) is 5.77. The number of carboxylic acids is 1. The van der Waals surface area contributed by atoms with Gasteiger partial charge in [-0.3, -0.25) is 4.79 Å². The van der Waals surface area contributed by atoms with Crippen molar-refractivity contribution < 1.29 is 19.4 Å². The Morgan fingerprint density at radius 2 is 1.94 bits per heavy atom. The fraction of sp³-hybridized carbons (Fsp3) is 0.417. The summed E-state index contributed by atoms with van der Waals surface area (Å²) >= 11 is 5.96. The maximum absolute atomic E-state index is 10.8. The van der Waals surface area contributed by atoms with Crippen LogP contribution in [0.1, 0.15) is 12.5 Å². The second-order valence-corrected chi connectivity index (χ2v) is 4.12. The minimum absolute atomic E-state index is 0.367. The van der Waals surface area contributed by atoms with Crippen molar-refractivity contribution in [2.75, 3.05) is 14.2 Å². The van der Waals surface area contributed by atoms with E-state index in [9.17, 15) is 4.79 Å². The average molecular weight is 259 g/mol. The molecule has 94 valence electrons. The summed E-state index contributed by atoms with van der Waals surface area (Å²) in [5.41, 5.74) is 0.767. The fourth-order valence-corrected chi connectivity index (χ4v) is 1.80. The van der Waals surface area contributed by atoms with Crippen LogP contribution in [0.5, 0.6) is 11.5 Å². The van der Waals surface area contributed by atoms with Gasteiger partial charge in [0, 0.05) is 0 Å². The van der Waals surface area contributed by atoms with Gasteiger partial charge in [-0.2, -0.15) is 0 Å². The standard InChI is InChI=1S/C12H15ClO4/c1-7(12(14)15)6-8-4-5-9(13)11(17-3)10(8)16-2/h4-5,7H,6H2,1-3H3,(H,14,15). The molecule has 0 saturated heterocycles. The monoisotopic (exact) mass is 258 g/mol. The summed E-state index contributed by atoms with van der Waals surface area (Å²) in [5, 5.41) is 9.33. The van der Waals surface area contributed by atoms with Crippen LogP contribution < -0.4 is 9.47 Å². The van der Waals surface area contributed by atoms with Crippen molar-refractivity contribution in [3.63, 3.8) is 0 Å². The van der Waals surface area contributed by atoms with Crippen LogP contribution >= 0.6 is 11.6 Å². The molecule has 0 saturated carbocycles. The predicted octanol–water partition coefficient (Wildman–Crippen LogP) is 2.62. The van der Waals surface area contributed by atoms with Gasteiger partial charge >= 0.3 is 5.97 Å². The number of hydrogen-bond donors (Lipinski definition) is 1. The first-order chi connectivity index (χ1) is 8.01. The van der Waals surface area contributed by atoms with E-state index in [0.717, 1.165) is 5.56 Å². The first-order valence-electron chi connectivity index (χ1n) is 5.13. The van der Waals surface area contributed by atoms with E-state index >= 15 is 0 Å². The third-order valence-corrected chi connectivity index (χ3v) is 2.80. The zero-order chi connectivity index (χ0) is 13.0. The number of ether oxygens (including phenoxy) is 2. The molecule has 1 unspecified atom stereocenters. The molecule has 4 nitrogen and oxygen atoms in total. The topological polar surface area (TPSA) is 55.8 Å². The maximum atomic E-state index is 10.8. The van der Waals surface area contributed by atoms with Crippen LogP contribution in [0.4, 0.5) is 0 Å². The number of carboxylic acid groups (broad SMARTS) is 1. The van der Waals surface area contributed by atoms with Crippen LogP contribution in [0, 0.1) is 5.92 Å². The van der Waals surface area contributed by atoms with E-state index in [4.69, 9.17) is 26.2 Å². The van der Waals surface area contributed by atoms with Crippen molar-refractivity contribution in [1.29, 1.82) is 0 Å². The van der Waals surface area contributed by atoms with Crippen molar-refractivity contribution in [2.24, 2.45) is 5.92 Å². The third kappa shape index (κ3) is 3.03. The molecule has 0 aliphatic heterocycles. The van der Waals surface area contributed by atoms with Crippen molar-refractivity contribution in [1.82, 2.24) is 0 Å². The average Bonchev–Trinajstić information content (AvgIpc) is 2.30. The van der Waals surface area contributed by atoms with Crippen molar-refractivity contribution in [2.45, 2.75) is 13.3 Å². The zero-order valence-electron chi connectivity index (χ0n) is 9.99. The highest BCUT2D eigenvalue weighted by atomic mass is 35.5. The highest BCUT2D eigenvalue weighted by Gasteiger charge is 2.18. The van der Waals surface area contributed by atoms with Gasteiger partial charge < -0.3 is 14.6 Å². The van der Waals surface area contributed by atoms with E-state index in [1.807, 2.05) is 0 Å². The maximum Gasteiger partial charge on any atom is 0.306 e. The van der Waals surface area contributed by atoms with Gasteiger partial charge in [-0.15, -0.1) is 0 Å². The largest absolute Gasteiger partial charge is 0.493 e. The summed E-state index contributed by atoms with van der Waals surface area (Å²) < 4.78 is 10.4. The van der Waals surface area contributed by atoms with Crippen molar-refractivity contribution in [3.05, 3.63) is 22.7 Å². The highest BCUT2D eigenvalue weighted by Crippen LogP contribution is 2.38. The summed E-state index contributed by atoms with van der Waals surface area (Å²) in [6, 6.07) is 3.43. The Balaban J connectivity index is 3.12. The van der Waals surface area contributed by atoms with Gasteiger partial charge in [0.2, 0.25) is 0 Å². The third-order valence-electron chi connectivity index (χ3n) is 2.50. The van der Waals surface area contributed by atoms with E-state index < -0.39 is 11.9 Å².